The number of carboxylic acid groups (broad SMARTS) is 1. The number of rotatable bonds is 1. The Bertz CT molecular complexity index is 347. The summed E-state index contributed by atoms with van der Waals surface area (Å²) < 4.78 is 0. The van der Waals surface area contributed by atoms with Crippen LogP contribution < -0.4 is 0 Å². The molecule has 2 rings (SSSR count). The highest BCUT2D eigenvalue weighted by atomic mass is 16.4. The first-order chi connectivity index (χ1) is 5.29. The number of aliphatic carboxylic acids is 1. The smallest absolute Gasteiger partial charge is 0.338 e. The van der Waals surface area contributed by atoms with Crippen LogP contribution in [-0.2, 0) is 4.79 Å². The van der Waals surface area contributed by atoms with Gasteiger partial charge in [0.2, 0.25) is 0 Å². The number of hydrogen-bond acceptors (Lipinski definition) is 3. The molecule has 0 aliphatic carbocycles. The molecule has 0 radical (unpaired) electrons. The van der Waals surface area contributed by atoms with Gasteiger partial charge in [-0.05, 0) is 0 Å². The lowest BCUT2D eigenvalue weighted by Crippen LogP contribution is -2.02. The third kappa shape index (κ3) is 0.724. The van der Waals surface area contributed by atoms with Gasteiger partial charge in [0.05, 0.1) is 17.5 Å². The number of carboxylic acids is 1. The first-order valence-electron chi connectivity index (χ1n) is 3.04. The summed E-state index contributed by atoms with van der Waals surface area (Å²) in [5.41, 5.74) is 1.47. The fourth-order valence-electron chi connectivity index (χ4n) is 1.00. The standard InChI is InChI=1S/C7H4N2O2/c10-7(11)5-2-9-6-3-8-1-4(5)6/h1-3H,(H,10,11). The van der Waals surface area contributed by atoms with Crippen molar-refractivity contribution in [2.24, 2.45) is 9.98 Å². The van der Waals surface area contributed by atoms with E-state index in [0.717, 1.165) is 0 Å². The molecule has 0 aromatic heterocycles. The first-order valence-corrected chi connectivity index (χ1v) is 3.04. The lowest BCUT2D eigenvalue weighted by atomic mass is 10.1. The molecule has 2 aliphatic rings. The molecule has 54 valence electrons. The van der Waals surface area contributed by atoms with Crippen LogP contribution in [0.1, 0.15) is 0 Å². The van der Waals surface area contributed by atoms with E-state index in [1.54, 1.807) is 6.20 Å². The number of allylic oxidation sites excluding steroid dienone is 1. The second-order valence-corrected chi connectivity index (χ2v) is 2.18. The molecule has 0 saturated carbocycles. The van der Waals surface area contributed by atoms with Crippen molar-refractivity contribution < 1.29 is 9.90 Å². The van der Waals surface area contributed by atoms with Crippen LogP contribution in [0.25, 0.3) is 0 Å². The average molecular weight is 148 g/mol. The second-order valence-electron chi connectivity index (χ2n) is 2.18. The summed E-state index contributed by atoms with van der Waals surface area (Å²) in [6.07, 6.45) is 4.39. The van der Waals surface area contributed by atoms with Gasteiger partial charge in [-0.25, -0.2) is 4.79 Å². The van der Waals surface area contributed by atoms with Crippen LogP contribution in [-0.4, -0.2) is 23.5 Å². The predicted octanol–water partition coefficient (Wildman–Crippen LogP) is 0.378. The molecule has 0 bridgehead atoms. The van der Waals surface area contributed by atoms with Crippen molar-refractivity contribution in [3.8, 4) is 0 Å². The van der Waals surface area contributed by atoms with E-state index in [1.165, 1.54) is 12.4 Å². The molecule has 2 aliphatic heterocycles. The highest BCUT2D eigenvalue weighted by Gasteiger charge is 2.21. The second kappa shape index (κ2) is 1.88. The van der Waals surface area contributed by atoms with E-state index in [4.69, 9.17) is 5.11 Å². The molecule has 0 saturated heterocycles. The van der Waals surface area contributed by atoms with Crippen LogP contribution in [0.5, 0.6) is 0 Å². The minimum absolute atomic E-state index is 0.220. The Morgan fingerprint density at radius 1 is 1.45 bits per heavy atom. The molecule has 0 aromatic carbocycles. The topological polar surface area (TPSA) is 62.0 Å². The van der Waals surface area contributed by atoms with E-state index in [2.05, 4.69) is 9.98 Å². The maximum atomic E-state index is 10.5. The summed E-state index contributed by atoms with van der Waals surface area (Å²) in [6.45, 7) is 0. The maximum Gasteiger partial charge on any atom is 0.338 e. The maximum absolute atomic E-state index is 10.5. The van der Waals surface area contributed by atoms with Gasteiger partial charge >= 0.3 is 5.97 Å². The van der Waals surface area contributed by atoms with E-state index in [1.807, 2.05) is 0 Å². The van der Waals surface area contributed by atoms with Crippen LogP contribution in [0, 0.1) is 0 Å². The van der Waals surface area contributed by atoms with Gasteiger partial charge in [-0.15, -0.1) is 0 Å². The highest BCUT2D eigenvalue weighted by Crippen LogP contribution is 2.23. The van der Waals surface area contributed by atoms with Gasteiger partial charge in [0.1, 0.15) is 0 Å². The molecular weight excluding hydrogens is 144 g/mol. The van der Waals surface area contributed by atoms with Crippen LogP contribution >= 0.6 is 0 Å². The molecule has 1 N–H and O–H groups in total. The fraction of sp³-hybridized carbons (Fsp3) is 0. The lowest BCUT2D eigenvalue weighted by molar-refractivity contribution is -0.132. The Hall–Kier alpha value is -1.71. The summed E-state index contributed by atoms with van der Waals surface area (Å²) in [5, 5.41) is 8.62. The summed E-state index contributed by atoms with van der Waals surface area (Å²) in [7, 11) is 0. The fourth-order valence-corrected chi connectivity index (χ4v) is 1.00. The largest absolute Gasteiger partial charge is 0.478 e. The Morgan fingerprint density at radius 2 is 2.27 bits per heavy atom. The van der Waals surface area contributed by atoms with Crippen LogP contribution in [0.15, 0.2) is 33.0 Å². The van der Waals surface area contributed by atoms with Crippen molar-refractivity contribution in [2.45, 2.75) is 0 Å². The molecule has 0 fully saturated rings. The van der Waals surface area contributed by atoms with Gasteiger partial charge in [-0.3, -0.25) is 9.98 Å². The van der Waals surface area contributed by atoms with Crippen LogP contribution in [0.2, 0.25) is 0 Å². The highest BCUT2D eigenvalue weighted by molar-refractivity contribution is 6.17. The molecule has 0 amide bonds. The molecular formula is C7H4N2O2. The van der Waals surface area contributed by atoms with Gasteiger partial charge < -0.3 is 5.11 Å². The van der Waals surface area contributed by atoms with E-state index in [-0.39, 0.29) is 5.57 Å². The Morgan fingerprint density at radius 3 is 3.00 bits per heavy atom. The summed E-state index contributed by atoms with van der Waals surface area (Å²) >= 11 is 0. The van der Waals surface area contributed by atoms with Gasteiger partial charge in [-0.1, -0.05) is 0 Å². The molecule has 0 aromatic rings. The van der Waals surface area contributed by atoms with Crippen LogP contribution in [0.4, 0.5) is 0 Å². The number of aliphatic imine (C=N–C) groups is 2. The summed E-state index contributed by atoms with van der Waals surface area (Å²) in [4.78, 5) is 18.1. The summed E-state index contributed by atoms with van der Waals surface area (Å²) in [5.74, 6) is -0.958. The zero-order chi connectivity index (χ0) is 7.84. The minimum Gasteiger partial charge on any atom is -0.478 e. The minimum atomic E-state index is -0.958. The SMILES string of the molecule is O=C(O)C1=C2C=NC=C2N=C1. The summed E-state index contributed by atoms with van der Waals surface area (Å²) in [6, 6.07) is 0. The van der Waals surface area contributed by atoms with Gasteiger partial charge in [0, 0.05) is 18.0 Å². The molecule has 0 unspecified atom stereocenters. The van der Waals surface area contributed by atoms with E-state index < -0.39 is 5.97 Å². The molecule has 4 nitrogen and oxygen atoms in total. The molecule has 2 heterocycles. The van der Waals surface area contributed by atoms with E-state index in [9.17, 15) is 4.79 Å². The third-order valence-electron chi connectivity index (χ3n) is 1.53. The molecule has 4 heteroatoms. The Kier molecular flexibility index (Phi) is 1.03. The molecule has 0 atom stereocenters. The monoisotopic (exact) mass is 148 g/mol. The quantitative estimate of drug-likeness (QED) is 0.584. The number of nitrogens with zero attached hydrogens (tertiary/aromatic N) is 2. The van der Waals surface area contributed by atoms with Crippen molar-refractivity contribution in [2.75, 3.05) is 0 Å². The molecule has 0 spiro atoms. The molecule has 11 heavy (non-hydrogen) atoms. The third-order valence-corrected chi connectivity index (χ3v) is 1.53. The number of hydrogen-bond donors (Lipinski definition) is 1. The average Bonchev–Trinajstić information content (AvgIpc) is 2.41. The first kappa shape index (κ1) is 6.03. The van der Waals surface area contributed by atoms with Gasteiger partial charge in [-0.2, -0.15) is 0 Å². The lowest BCUT2D eigenvalue weighted by Gasteiger charge is -1.89. The normalized spacial score (nSPS) is 19.1. The van der Waals surface area contributed by atoms with Gasteiger partial charge in [0.15, 0.2) is 0 Å². The number of carbonyl (C=O) groups is 1. The number of fused-ring (bicyclic) bond motifs is 1. The van der Waals surface area contributed by atoms with Crippen LogP contribution in [0.3, 0.4) is 0 Å². The van der Waals surface area contributed by atoms with Crippen molar-refractivity contribution in [3.05, 3.63) is 23.0 Å². The Labute approximate surface area is 62.3 Å². The Balaban J connectivity index is 2.55. The van der Waals surface area contributed by atoms with Crippen molar-refractivity contribution in [1.29, 1.82) is 0 Å². The van der Waals surface area contributed by atoms with E-state index >= 15 is 0 Å². The van der Waals surface area contributed by atoms with Crippen molar-refractivity contribution in [1.82, 2.24) is 0 Å². The predicted molar refractivity (Wildman–Crippen MR) is 39.7 cm³/mol. The van der Waals surface area contributed by atoms with Crippen molar-refractivity contribution >= 4 is 18.4 Å². The van der Waals surface area contributed by atoms with Crippen molar-refractivity contribution in [3.63, 3.8) is 0 Å². The zero-order valence-corrected chi connectivity index (χ0v) is 5.48. The van der Waals surface area contributed by atoms with E-state index in [0.29, 0.717) is 11.3 Å². The zero-order valence-electron chi connectivity index (χ0n) is 5.48. The van der Waals surface area contributed by atoms with Gasteiger partial charge in [0.25, 0.3) is 0 Å².